The first-order chi connectivity index (χ1) is 10.2. The number of aliphatic hydroxyl groups is 1. The standard InChI is InChI=1S/C19H25FO/c1-3-5-6-7-8-9-10-17-13-11-16(15-19(17)20)12-14-18(21)4-2/h4,11,13,15,18,21H,2-3,5-10H2,1H3. The van der Waals surface area contributed by atoms with E-state index in [0.717, 1.165) is 24.8 Å². The smallest absolute Gasteiger partial charge is 0.133 e. The van der Waals surface area contributed by atoms with Gasteiger partial charge in [0.15, 0.2) is 0 Å². The fourth-order valence-corrected chi connectivity index (χ4v) is 2.14. The molecule has 1 rings (SSSR count). The Kier molecular flexibility index (Phi) is 8.47. The van der Waals surface area contributed by atoms with E-state index in [-0.39, 0.29) is 5.82 Å². The summed E-state index contributed by atoms with van der Waals surface area (Å²) in [5.41, 5.74) is 1.33. The van der Waals surface area contributed by atoms with Crippen molar-refractivity contribution in [2.75, 3.05) is 0 Å². The Labute approximate surface area is 127 Å². The summed E-state index contributed by atoms with van der Waals surface area (Å²) in [7, 11) is 0. The summed E-state index contributed by atoms with van der Waals surface area (Å²) < 4.78 is 13.9. The summed E-state index contributed by atoms with van der Waals surface area (Å²) in [6, 6.07) is 5.04. The van der Waals surface area contributed by atoms with Crippen molar-refractivity contribution in [3.8, 4) is 11.8 Å². The second-order valence-corrected chi connectivity index (χ2v) is 5.27. The quantitative estimate of drug-likeness (QED) is 0.420. The van der Waals surface area contributed by atoms with Crippen LogP contribution < -0.4 is 0 Å². The molecule has 1 unspecified atom stereocenters. The molecule has 0 heterocycles. The Morgan fingerprint density at radius 1 is 1.24 bits per heavy atom. The largest absolute Gasteiger partial charge is 0.377 e. The number of rotatable bonds is 8. The first-order valence-corrected chi connectivity index (χ1v) is 7.78. The van der Waals surface area contributed by atoms with Gasteiger partial charge in [-0.15, -0.1) is 0 Å². The van der Waals surface area contributed by atoms with Gasteiger partial charge in [0.05, 0.1) is 0 Å². The van der Waals surface area contributed by atoms with Crippen molar-refractivity contribution < 1.29 is 9.50 Å². The zero-order chi connectivity index (χ0) is 15.5. The highest BCUT2D eigenvalue weighted by Crippen LogP contribution is 2.14. The Morgan fingerprint density at radius 3 is 2.62 bits per heavy atom. The molecule has 0 spiro atoms. The molecule has 0 saturated carbocycles. The number of aryl methyl sites for hydroxylation is 1. The number of aliphatic hydroxyl groups excluding tert-OH is 1. The van der Waals surface area contributed by atoms with Crippen molar-refractivity contribution >= 4 is 0 Å². The van der Waals surface area contributed by atoms with E-state index < -0.39 is 6.10 Å². The third-order valence-corrected chi connectivity index (χ3v) is 3.44. The second kappa shape index (κ2) is 10.2. The summed E-state index contributed by atoms with van der Waals surface area (Å²) in [6.07, 6.45) is 8.49. The number of halogens is 1. The van der Waals surface area contributed by atoms with Crippen LogP contribution in [0.25, 0.3) is 0 Å². The lowest BCUT2D eigenvalue weighted by molar-refractivity contribution is 0.281. The zero-order valence-electron chi connectivity index (χ0n) is 12.9. The van der Waals surface area contributed by atoms with Gasteiger partial charge in [-0.3, -0.25) is 0 Å². The fourth-order valence-electron chi connectivity index (χ4n) is 2.14. The van der Waals surface area contributed by atoms with Crippen LogP contribution >= 0.6 is 0 Å². The van der Waals surface area contributed by atoms with E-state index in [9.17, 15) is 9.50 Å². The van der Waals surface area contributed by atoms with Crippen LogP contribution in [0.15, 0.2) is 30.9 Å². The van der Waals surface area contributed by atoms with Crippen LogP contribution in [0.4, 0.5) is 4.39 Å². The van der Waals surface area contributed by atoms with Gasteiger partial charge in [-0.1, -0.05) is 69.6 Å². The molecule has 1 N–H and O–H groups in total. The molecule has 0 bridgehead atoms. The maximum absolute atomic E-state index is 13.9. The average Bonchev–Trinajstić information content (AvgIpc) is 2.49. The maximum Gasteiger partial charge on any atom is 0.133 e. The molecule has 21 heavy (non-hydrogen) atoms. The molecule has 1 atom stereocenters. The molecule has 1 nitrogen and oxygen atoms in total. The topological polar surface area (TPSA) is 20.2 Å². The molecule has 0 fully saturated rings. The Hall–Kier alpha value is -1.59. The molecular formula is C19H25FO. The van der Waals surface area contributed by atoms with Crippen molar-refractivity contribution in [2.24, 2.45) is 0 Å². The van der Waals surface area contributed by atoms with Crippen LogP contribution in [-0.2, 0) is 6.42 Å². The minimum atomic E-state index is -0.865. The summed E-state index contributed by atoms with van der Waals surface area (Å²) >= 11 is 0. The fraction of sp³-hybridized carbons (Fsp3) is 0.474. The minimum Gasteiger partial charge on any atom is -0.377 e. The predicted octanol–water partition coefficient (Wildman–Crippen LogP) is 4.63. The lowest BCUT2D eigenvalue weighted by Crippen LogP contribution is -1.96. The van der Waals surface area contributed by atoms with E-state index in [1.807, 2.05) is 0 Å². The van der Waals surface area contributed by atoms with Gasteiger partial charge < -0.3 is 5.11 Å². The third kappa shape index (κ3) is 7.11. The molecule has 1 aromatic rings. The molecule has 0 radical (unpaired) electrons. The predicted molar refractivity (Wildman–Crippen MR) is 86.6 cm³/mol. The summed E-state index contributed by atoms with van der Waals surface area (Å²) in [5.74, 6) is 5.13. The van der Waals surface area contributed by atoms with Gasteiger partial charge >= 0.3 is 0 Å². The van der Waals surface area contributed by atoms with E-state index in [2.05, 4.69) is 25.3 Å². The Balaban J connectivity index is 2.46. The lowest BCUT2D eigenvalue weighted by Gasteiger charge is -2.04. The maximum atomic E-state index is 13.9. The lowest BCUT2D eigenvalue weighted by atomic mass is 10.0. The van der Waals surface area contributed by atoms with Crippen molar-refractivity contribution in [3.05, 3.63) is 47.8 Å². The average molecular weight is 288 g/mol. The van der Waals surface area contributed by atoms with Crippen LogP contribution in [0, 0.1) is 17.7 Å². The van der Waals surface area contributed by atoms with Crippen molar-refractivity contribution in [1.29, 1.82) is 0 Å². The van der Waals surface area contributed by atoms with Gasteiger partial charge in [-0.25, -0.2) is 4.39 Å². The van der Waals surface area contributed by atoms with Crippen LogP contribution in [-0.4, -0.2) is 11.2 Å². The Bertz CT molecular complexity index is 496. The van der Waals surface area contributed by atoms with Gasteiger partial charge in [0.25, 0.3) is 0 Å². The number of benzene rings is 1. The molecule has 0 saturated heterocycles. The van der Waals surface area contributed by atoms with Crippen LogP contribution in [0.5, 0.6) is 0 Å². The van der Waals surface area contributed by atoms with E-state index in [1.165, 1.54) is 37.8 Å². The SMILES string of the molecule is C=CC(O)C#Cc1ccc(CCCCCCCC)c(F)c1. The minimum absolute atomic E-state index is 0.205. The molecule has 0 aromatic heterocycles. The molecule has 114 valence electrons. The zero-order valence-corrected chi connectivity index (χ0v) is 12.9. The van der Waals surface area contributed by atoms with E-state index in [1.54, 1.807) is 12.1 Å². The van der Waals surface area contributed by atoms with Crippen LogP contribution in [0.3, 0.4) is 0 Å². The summed E-state index contributed by atoms with van der Waals surface area (Å²) in [4.78, 5) is 0. The second-order valence-electron chi connectivity index (χ2n) is 5.27. The molecule has 0 aliphatic carbocycles. The molecular weight excluding hydrogens is 263 g/mol. The van der Waals surface area contributed by atoms with Crippen molar-refractivity contribution in [2.45, 2.75) is 58.0 Å². The number of hydrogen-bond donors (Lipinski definition) is 1. The van der Waals surface area contributed by atoms with Crippen molar-refractivity contribution in [3.63, 3.8) is 0 Å². The molecule has 1 aromatic carbocycles. The van der Waals surface area contributed by atoms with Crippen LogP contribution in [0.1, 0.15) is 56.6 Å². The van der Waals surface area contributed by atoms with Gasteiger partial charge in [-0.2, -0.15) is 0 Å². The number of unbranched alkanes of at least 4 members (excludes halogenated alkanes) is 5. The first kappa shape index (κ1) is 17.5. The van der Waals surface area contributed by atoms with Gasteiger partial charge in [0.2, 0.25) is 0 Å². The molecule has 0 aliphatic rings. The first-order valence-electron chi connectivity index (χ1n) is 7.78. The van der Waals surface area contributed by atoms with E-state index in [4.69, 9.17) is 0 Å². The molecule has 0 aliphatic heterocycles. The van der Waals surface area contributed by atoms with Gasteiger partial charge in [-0.05, 0) is 30.5 Å². The highest BCUT2D eigenvalue weighted by Gasteiger charge is 2.03. The number of hydrogen-bond acceptors (Lipinski definition) is 1. The van der Waals surface area contributed by atoms with Gasteiger partial charge in [0.1, 0.15) is 11.9 Å². The highest BCUT2D eigenvalue weighted by atomic mass is 19.1. The molecule has 2 heteroatoms. The Morgan fingerprint density at radius 2 is 1.95 bits per heavy atom. The monoisotopic (exact) mass is 288 g/mol. The third-order valence-electron chi connectivity index (χ3n) is 3.44. The normalized spacial score (nSPS) is 11.6. The van der Waals surface area contributed by atoms with Crippen LogP contribution in [0.2, 0.25) is 0 Å². The van der Waals surface area contributed by atoms with E-state index >= 15 is 0 Å². The molecule has 0 amide bonds. The summed E-state index contributed by atoms with van der Waals surface area (Å²) in [6.45, 7) is 5.64. The van der Waals surface area contributed by atoms with E-state index in [0.29, 0.717) is 5.56 Å². The van der Waals surface area contributed by atoms with Crippen molar-refractivity contribution in [1.82, 2.24) is 0 Å². The van der Waals surface area contributed by atoms with Gasteiger partial charge in [0, 0.05) is 5.56 Å². The summed E-state index contributed by atoms with van der Waals surface area (Å²) in [5, 5.41) is 9.26. The highest BCUT2D eigenvalue weighted by molar-refractivity contribution is 5.38.